The van der Waals surface area contributed by atoms with Crippen LogP contribution >= 0.6 is 58.0 Å². The van der Waals surface area contributed by atoms with E-state index in [0.29, 0.717) is 6.07 Å². The molecule has 0 unspecified atom stereocenters. The first kappa shape index (κ1) is 28.4. The first-order valence-electron chi connectivity index (χ1n) is 9.37. The molecule has 0 bridgehead atoms. The van der Waals surface area contributed by atoms with Crippen molar-refractivity contribution in [1.82, 2.24) is 5.32 Å². The number of nitrogens with one attached hydrogen (secondary N) is 1. The van der Waals surface area contributed by atoms with Gasteiger partial charge in [-0.3, -0.25) is 9.59 Å². The average molecular weight is 580 g/mol. The molecule has 184 valence electrons. The highest BCUT2D eigenvalue weighted by atomic mass is 35.5. The molecule has 0 fully saturated rings. The van der Waals surface area contributed by atoms with Gasteiger partial charge in [-0.15, -0.1) is 0 Å². The average Bonchev–Trinajstić information content (AvgIpc) is 2.73. The van der Waals surface area contributed by atoms with Crippen molar-refractivity contribution in [3.8, 4) is 11.5 Å². The number of alkyl halides is 3. The van der Waals surface area contributed by atoms with Crippen molar-refractivity contribution in [2.45, 2.75) is 19.0 Å². The van der Waals surface area contributed by atoms with Gasteiger partial charge < -0.3 is 14.8 Å². The summed E-state index contributed by atoms with van der Waals surface area (Å²) in [6.45, 7) is 0.0386. The molecule has 2 rings (SSSR count). The van der Waals surface area contributed by atoms with Gasteiger partial charge in [0.1, 0.15) is 16.8 Å². The van der Waals surface area contributed by atoms with Crippen LogP contribution in [0.4, 0.5) is 13.2 Å². The monoisotopic (exact) mass is 577 g/mol. The molecule has 0 aliphatic rings. The van der Waals surface area contributed by atoms with Crippen molar-refractivity contribution in [3.63, 3.8) is 0 Å². The Morgan fingerprint density at radius 1 is 1.00 bits per heavy atom. The van der Waals surface area contributed by atoms with Crippen molar-refractivity contribution >= 4 is 69.9 Å². The smallest absolute Gasteiger partial charge is 0.416 e. The third-order valence-corrected chi connectivity index (χ3v) is 5.26. The Bertz CT molecular complexity index is 1070. The zero-order chi connectivity index (χ0) is 25.5. The number of esters is 1. The van der Waals surface area contributed by atoms with Crippen LogP contribution in [-0.2, 0) is 11.0 Å². The molecular weight excluding hydrogens is 564 g/mol. The van der Waals surface area contributed by atoms with Crippen molar-refractivity contribution in [3.05, 3.63) is 67.1 Å². The Morgan fingerprint density at radius 3 is 2.24 bits per heavy atom. The van der Waals surface area contributed by atoms with Crippen molar-refractivity contribution in [1.29, 1.82) is 0 Å². The highest BCUT2D eigenvalue weighted by molar-refractivity contribution is 6.55. The number of rotatable bonds is 9. The molecule has 0 aliphatic heterocycles. The van der Waals surface area contributed by atoms with E-state index < -0.39 is 23.6 Å². The first-order valence-corrected chi connectivity index (χ1v) is 11.3. The second-order valence-electron chi connectivity index (χ2n) is 6.55. The molecule has 0 aromatic heterocycles. The van der Waals surface area contributed by atoms with Crippen molar-refractivity contribution < 1.29 is 32.2 Å². The summed E-state index contributed by atoms with van der Waals surface area (Å²) in [6, 6.07) is 5.18. The summed E-state index contributed by atoms with van der Waals surface area (Å²) in [5.41, 5.74) is -1.33. The molecule has 0 aliphatic carbocycles. The number of halogens is 8. The van der Waals surface area contributed by atoms with Crippen molar-refractivity contribution in [2.24, 2.45) is 0 Å². The van der Waals surface area contributed by atoms with Gasteiger partial charge in [0.25, 0.3) is 5.91 Å². The molecule has 1 N–H and O–H groups in total. The minimum absolute atomic E-state index is 0.0179. The molecule has 2 aromatic carbocycles. The van der Waals surface area contributed by atoms with E-state index in [1.165, 1.54) is 18.2 Å². The molecule has 1 amide bonds. The second kappa shape index (κ2) is 12.7. The lowest BCUT2D eigenvalue weighted by Crippen LogP contribution is -2.26. The molecule has 0 atom stereocenters. The fourth-order valence-corrected chi connectivity index (χ4v) is 3.36. The summed E-state index contributed by atoms with van der Waals surface area (Å²) in [4.78, 5) is 24.3. The molecule has 0 heterocycles. The molecule has 0 saturated heterocycles. The van der Waals surface area contributed by atoms with Crippen LogP contribution < -0.4 is 14.8 Å². The Hall–Kier alpha value is -1.84. The standard InChI is InChI=1S/C21H15Cl5F3NO4/c22-14-4-3-11(21(27,28)29)8-13(14)20(32)30-6-1-2-18(31)34-19-15(23)9-12(10-16(19)24)33-7-5-17(25)26/h3-5,8-10H,1-2,6-7H2,(H,30,32). The second-order valence-corrected chi connectivity index (χ2v) is 8.78. The summed E-state index contributed by atoms with van der Waals surface area (Å²) in [5, 5.41) is 2.30. The van der Waals surface area contributed by atoms with Crippen molar-refractivity contribution in [2.75, 3.05) is 13.2 Å². The largest absolute Gasteiger partial charge is 0.489 e. The predicted molar refractivity (Wildman–Crippen MR) is 125 cm³/mol. The number of carbonyl (C=O) groups is 2. The van der Waals surface area contributed by atoms with Gasteiger partial charge in [-0.1, -0.05) is 58.0 Å². The Labute approximate surface area is 217 Å². The van der Waals surface area contributed by atoms with Gasteiger partial charge >= 0.3 is 12.1 Å². The topological polar surface area (TPSA) is 64.6 Å². The van der Waals surface area contributed by atoms with Crippen LogP contribution in [0.5, 0.6) is 11.5 Å². The Balaban J connectivity index is 1.87. The molecule has 0 radical (unpaired) electrons. The number of hydrogen-bond donors (Lipinski definition) is 1. The van der Waals surface area contributed by atoms with Crippen LogP contribution in [0.2, 0.25) is 15.1 Å². The van der Waals surface area contributed by atoms with Gasteiger partial charge in [0.2, 0.25) is 0 Å². The predicted octanol–water partition coefficient (Wildman–Crippen LogP) is 7.48. The minimum atomic E-state index is -4.62. The zero-order valence-electron chi connectivity index (χ0n) is 16.9. The molecular formula is C21H15Cl5F3NO4. The molecule has 34 heavy (non-hydrogen) atoms. The Kier molecular flexibility index (Phi) is 10.6. The maximum atomic E-state index is 12.8. The van der Waals surface area contributed by atoms with Crippen LogP contribution in [0.3, 0.4) is 0 Å². The van der Waals surface area contributed by atoms with Gasteiger partial charge in [-0.05, 0) is 30.7 Å². The lowest BCUT2D eigenvalue weighted by atomic mass is 10.1. The lowest BCUT2D eigenvalue weighted by Gasteiger charge is -2.12. The third-order valence-electron chi connectivity index (χ3n) is 4.06. The van der Waals surface area contributed by atoms with E-state index in [-0.39, 0.29) is 62.6 Å². The van der Waals surface area contributed by atoms with E-state index in [1.54, 1.807) is 0 Å². The first-order chi connectivity index (χ1) is 15.9. The van der Waals surface area contributed by atoms with Crippen LogP contribution in [-0.4, -0.2) is 25.0 Å². The van der Waals surface area contributed by atoms with E-state index >= 15 is 0 Å². The maximum Gasteiger partial charge on any atom is 0.416 e. The maximum absolute atomic E-state index is 12.8. The number of ether oxygens (including phenoxy) is 2. The van der Waals surface area contributed by atoms with E-state index in [9.17, 15) is 22.8 Å². The van der Waals surface area contributed by atoms with Crippen LogP contribution in [0.15, 0.2) is 40.9 Å². The quantitative estimate of drug-likeness (QED) is 0.190. The van der Waals surface area contributed by atoms with Gasteiger partial charge in [-0.25, -0.2) is 0 Å². The molecule has 0 saturated carbocycles. The van der Waals surface area contributed by atoms with Gasteiger partial charge in [0.05, 0.1) is 26.2 Å². The van der Waals surface area contributed by atoms with E-state index in [4.69, 9.17) is 67.5 Å². The minimum Gasteiger partial charge on any atom is -0.489 e. The Morgan fingerprint density at radius 2 is 1.65 bits per heavy atom. The number of carbonyl (C=O) groups excluding carboxylic acids is 2. The summed E-state index contributed by atoms with van der Waals surface area (Å²) >= 11 is 29.0. The fraction of sp³-hybridized carbons (Fsp3) is 0.238. The number of benzene rings is 2. The molecule has 0 spiro atoms. The third kappa shape index (κ3) is 8.74. The number of hydrogen-bond acceptors (Lipinski definition) is 4. The molecule has 5 nitrogen and oxygen atoms in total. The normalized spacial score (nSPS) is 11.1. The zero-order valence-corrected chi connectivity index (χ0v) is 20.7. The fourth-order valence-electron chi connectivity index (χ4n) is 2.49. The van der Waals surface area contributed by atoms with Gasteiger partial charge in [-0.2, -0.15) is 13.2 Å². The van der Waals surface area contributed by atoms with Crippen LogP contribution in [0, 0.1) is 0 Å². The van der Waals surface area contributed by atoms with E-state index in [2.05, 4.69) is 5.32 Å². The molecule has 2 aromatic rings. The van der Waals surface area contributed by atoms with Crippen LogP contribution in [0.25, 0.3) is 0 Å². The van der Waals surface area contributed by atoms with Crippen LogP contribution in [0.1, 0.15) is 28.8 Å². The van der Waals surface area contributed by atoms with Gasteiger partial charge in [0, 0.05) is 25.1 Å². The summed E-state index contributed by atoms with van der Waals surface area (Å²) < 4.78 is 49.0. The SMILES string of the molecule is O=C(CCCNC(=O)c1cc(C(F)(F)F)ccc1Cl)Oc1c(Cl)cc(OCC=C(Cl)Cl)cc1Cl. The van der Waals surface area contributed by atoms with Gasteiger partial charge in [0.15, 0.2) is 5.75 Å². The number of amides is 1. The highest BCUT2D eigenvalue weighted by Gasteiger charge is 2.31. The summed E-state index contributed by atoms with van der Waals surface area (Å²) in [5.74, 6) is -1.29. The summed E-state index contributed by atoms with van der Waals surface area (Å²) in [6.07, 6.45) is -3.23. The highest BCUT2D eigenvalue weighted by Crippen LogP contribution is 2.37. The lowest BCUT2D eigenvalue weighted by molar-refractivity contribution is -0.137. The summed E-state index contributed by atoms with van der Waals surface area (Å²) in [7, 11) is 0. The molecule has 13 heteroatoms. The van der Waals surface area contributed by atoms with E-state index in [1.807, 2.05) is 0 Å². The van der Waals surface area contributed by atoms with E-state index in [0.717, 1.165) is 12.1 Å².